The van der Waals surface area contributed by atoms with E-state index in [-0.39, 0.29) is 16.8 Å². The third-order valence-electron chi connectivity index (χ3n) is 4.97. The predicted molar refractivity (Wildman–Crippen MR) is 131 cm³/mol. The molecule has 5 aromatic rings. The van der Waals surface area contributed by atoms with Gasteiger partial charge in [-0.05, 0) is 78.9 Å². The van der Waals surface area contributed by atoms with Gasteiger partial charge in [0, 0.05) is 22.3 Å². The molecule has 34 heavy (non-hydrogen) atoms. The monoisotopic (exact) mass is 492 g/mol. The Balaban J connectivity index is 1.29. The van der Waals surface area contributed by atoms with Crippen LogP contribution in [0.2, 0.25) is 10.0 Å². The van der Waals surface area contributed by atoms with Gasteiger partial charge in [-0.3, -0.25) is 4.79 Å². The van der Waals surface area contributed by atoms with Crippen LogP contribution in [0.5, 0.6) is 0 Å². The first kappa shape index (κ1) is 21.9. The van der Waals surface area contributed by atoms with Gasteiger partial charge in [-0.2, -0.15) is 0 Å². The molecule has 0 spiro atoms. The van der Waals surface area contributed by atoms with Gasteiger partial charge in [-0.25, -0.2) is 9.37 Å². The Morgan fingerprint density at radius 1 is 0.941 bits per heavy atom. The van der Waals surface area contributed by atoms with Crippen LogP contribution in [0.3, 0.4) is 0 Å². The number of aromatic nitrogens is 1. The molecule has 2 aromatic heterocycles. The number of carbonyl (C=O) groups is 1. The smallest absolute Gasteiger partial charge is 0.248 e. The van der Waals surface area contributed by atoms with E-state index < -0.39 is 5.82 Å². The Bertz CT molecular complexity index is 1540. The molecule has 3 aromatic carbocycles. The second kappa shape index (κ2) is 9.17. The minimum Gasteiger partial charge on any atom is -0.457 e. The van der Waals surface area contributed by atoms with Crippen molar-refractivity contribution in [2.75, 3.05) is 5.32 Å². The summed E-state index contributed by atoms with van der Waals surface area (Å²) in [6, 6.07) is 19.9. The Hall–Kier alpha value is -3.87. The first-order chi connectivity index (χ1) is 16.4. The Kier molecular flexibility index (Phi) is 5.92. The van der Waals surface area contributed by atoms with E-state index in [2.05, 4.69) is 10.3 Å². The zero-order valence-electron chi connectivity index (χ0n) is 17.4. The third kappa shape index (κ3) is 4.73. The van der Waals surface area contributed by atoms with Crippen LogP contribution in [0.15, 0.2) is 87.7 Å². The third-order valence-corrected chi connectivity index (χ3v) is 5.54. The average Bonchev–Trinajstić information content (AvgIpc) is 3.45. The van der Waals surface area contributed by atoms with E-state index in [1.165, 1.54) is 24.3 Å². The first-order valence-corrected chi connectivity index (χ1v) is 10.9. The lowest BCUT2D eigenvalue weighted by molar-refractivity contribution is -0.111. The lowest BCUT2D eigenvalue weighted by Crippen LogP contribution is -2.07. The predicted octanol–water partition coefficient (Wildman–Crippen LogP) is 7.85. The number of oxazole rings is 1. The van der Waals surface area contributed by atoms with Crippen LogP contribution in [-0.4, -0.2) is 10.9 Å². The van der Waals surface area contributed by atoms with E-state index in [0.29, 0.717) is 38.9 Å². The van der Waals surface area contributed by atoms with Gasteiger partial charge in [0.05, 0.1) is 10.6 Å². The van der Waals surface area contributed by atoms with Gasteiger partial charge in [0.1, 0.15) is 22.9 Å². The van der Waals surface area contributed by atoms with Crippen molar-refractivity contribution in [3.8, 4) is 22.8 Å². The van der Waals surface area contributed by atoms with E-state index in [4.69, 9.17) is 32.0 Å². The van der Waals surface area contributed by atoms with E-state index in [1.807, 2.05) is 18.2 Å². The fourth-order valence-electron chi connectivity index (χ4n) is 3.34. The summed E-state index contributed by atoms with van der Waals surface area (Å²) >= 11 is 12.0. The zero-order valence-corrected chi connectivity index (χ0v) is 18.9. The second-order valence-corrected chi connectivity index (χ2v) is 8.20. The summed E-state index contributed by atoms with van der Waals surface area (Å²) < 4.78 is 24.8. The molecular formula is C26H15Cl2FN2O3. The van der Waals surface area contributed by atoms with Gasteiger partial charge in [-0.15, -0.1) is 0 Å². The first-order valence-electron chi connectivity index (χ1n) is 10.2. The van der Waals surface area contributed by atoms with Crippen molar-refractivity contribution in [1.29, 1.82) is 0 Å². The number of nitrogens with zero attached hydrogens (tertiary/aromatic N) is 1. The van der Waals surface area contributed by atoms with E-state index in [9.17, 15) is 9.18 Å². The second-order valence-electron chi connectivity index (χ2n) is 7.36. The molecule has 0 radical (unpaired) electrons. The molecule has 0 atom stereocenters. The minimum absolute atomic E-state index is 0.197. The van der Waals surface area contributed by atoms with E-state index in [0.717, 1.165) is 5.56 Å². The molecule has 1 amide bonds. The van der Waals surface area contributed by atoms with Crippen molar-refractivity contribution in [2.24, 2.45) is 0 Å². The molecule has 8 heteroatoms. The minimum atomic E-state index is -0.446. The van der Waals surface area contributed by atoms with Gasteiger partial charge < -0.3 is 14.2 Å². The van der Waals surface area contributed by atoms with Crippen molar-refractivity contribution >= 4 is 52.0 Å². The number of nitrogens with one attached hydrogen (secondary N) is 1. The molecular weight excluding hydrogens is 478 g/mol. The summed E-state index contributed by atoms with van der Waals surface area (Å²) in [7, 11) is 0. The standard InChI is InChI=1S/C26H15Cl2FN2O3/c27-16-3-1-15(2-4-16)23-11-7-19(33-23)8-12-25(32)30-18-6-10-24-22(14-18)31-26(34-24)20-9-5-17(29)13-21(20)28/h1-14H,(H,30,32)/b12-8+. The molecule has 0 bridgehead atoms. The molecule has 0 aliphatic rings. The SMILES string of the molecule is O=C(/C=C/c1ccc(-c2ccc(Cl)cc2)o1)Nc1ccc2oc(-c3ccc(F)cc3Cl)nc2c1. The van der Waals surface area contributed by atoms with Gasteiger partial charge in [0.15, 0.2) is 5.58 Å². The lowest BCUT2D eigenvalue weighted by atomic mass is 10.2. The highest BCUT2D eigenvalue weighted by Crippen LogP contribution is 2.31. The summed E-state index contributed by atoms with van der Waals surface area (Å²) in [5.41, 5.74) is 2.93. The van der Waals surface area contributed by atoms with Crippen LogP contribution in [-0.2, 0) is 4.79 Å². The summed E-state index contributed by atoms with van der Waals surface area (Å²) in [4.78, 5) is 16.8. The van der Waals surface area contributed by atoms with Crippen molar-refractivity contribution in [3.05, 3.63) is 100 Å². The Labute approximate surface area is 203 Å². The molecule has 5 rings (SSSR count). The Morgan fingerprint density at radius 3 is 2.56 bits per heavy atom. The molecule has 1 N–H and O–H groups in total. The van der Waals surface area contributed by atoms with Gasteiger partial charge in [-0.1, -0.05) is 23.2 Å². The normalized spacial score (nSPS) is 11.4. The quantitative estimate of drug-likeness (QED) is 0.253. The zero-order chi connectivity index (χ0) is 23.7. The van der Waals surface area contributed by atoms with Gasteiger partial charge >= 0.3 is 0 Å². The van der Waals surface area contributed by atoms with Crippen molar-refractivity contribution in [3.63, 3.8) is 0 Å². The van der Waals surface area contributed by atoms with Gasteiger partial charge in [0.25, 0.3) is 0 Å². The summed E-state index contributed by atoms with van der Waals surface area (Å²) in [6.45, 7) is 0. The molecule has 5 nitrogen and oxygen atoms in total. The molecule has 0 saturated carbocycles. The molecule has 2 heterocycles. The largest absolute Gasteiger partial charge is 0.457 e. The topological polar surface area (TPSA) is 68.3 Å². The van der Waals surface area contributed by atoms with Crippen LogP contribution < -0.4 is 5.32 Å². The number of amides is 1. The highest BCUT2D eigenvalue weighted by atomic mass is 35.5. The van der Waals surface area contributed by atoms with E-state index >= 15 is 0 Å². The van der Waals surface area contributed by atoms with Crippen LogP contribution in [0, 0.1) is 5.82 Å². The number of furan rings is 1. The Morgan fingerprint density at radius 2 is 1.76 bits per heavy atom. The number of anilines is 1. The molecule has 0 saturated heterocycles. The summed E-state index contributed by atoms with van der Waals surface area (Å²) in [5.74, 6) is 0.684. The van der Waals surface area contributed by atoms with Crippen molar-refractivity contribution in [1.82, 2.24) is 4.98 Å². The molecule has 0 fully saturated rings. The molecule has 0 aliphatic heterocycles. The summed E-state index contributed by atoms with van der Waals surface area (Å²) in [5, 5.41) is 3.62. The number of hydrogen-bond acceptors (Lipinski definition) is 4. The highest BCUT2D eigenvalue weighted by molar-refractivity contribution is 6.33. The molecule has 168 valence electrons. The van der Waals surface area contributed by atoms with Crippen LogP contribution in [0.1, 0.15) is 5.76 Å². The highest BCUT2D eigenvalue weighted by Gasteiger charge is 2.13. The maximum Gasteiger partial charge on any atom is 0.248 e. The maximum atomic E-state index is 13.3. The van der Waals surface area contributed by atoms with Crippen molar-refractivity contribution in [2.45, 2.75) is 0 Å². The number of carbonyl (C=O) groups excluding carboxylic acids is 1. The summed E-state index contributed by atoms with van der Waals surface area (Å²) in [6.07, 6.45) is 2.96. The fraction of sp³-hybridized carbons (Fsp3) is 0. The average molecular weight is 493 g/mol. The van der Waals surface area contributed by atoms with Crippen LogP contribution in [0.4, 0.5) is 10.1 Å². The van der Waals surface area contributed by atoms with Gasteiger partial charge in [0.2, 0.25) is 11.8 Å². The number of hydrogen-bond donors (Lipinski definition) is 1. The number of fused-ring (bicyclic) bond motifs is 1. The van der Waals surface area contributed by atoms with Crippen LogP contribution in [0.25, 0.3) is 40.0 Å². The number of halogens is 3. The van der Waals surface area contributed by atoms with Crippen LogP contribution >= 0.6 is 23.2 Å². The fourth-order valence-corrected chi connectivity index (χ4v) is 3.71. The number of rotatable bonds is 5. The lowest BCUT2D eigenvalue weighted by Gasteiger charge is -2.00. The van der Waals surface area contributed by atoms with E-state index in [1.54, 1.807) is 42.5 Å². The number of benzene rings is 3. The maximum absolute atomic E-state index is 13.3. The molecule has 0 unspecified atom stereocenters. The van der Waals surface area contributed by atoms with Crippen molar-refractivity contribution < 1.29 is 18.0 Å². The molecule has 0 aliphatic carbocycles.